The van der Waals surface area contributed by atoms with Crippen molar-refractivity contribution >= 4 is 45.3 Å². The first-order chi connectivity index (χ1) is 8.15. The summed E-state index contributed by atoms with van der Waals surface area (Å²) in [4.78, 5) is 2.45. The Bertz CT molecular complexity index is 542. The SMILES string of the molecule is CSc1cc(-c2cc(N)on2)cc(Br)c1SC. The van der Waals surface area contributed by atoms with Crippen LogP contribution in [-0.4, -0.2) is 17.7 Å². The van der Waals surface area contributed by atoms with Gasteiger partial charge in [-0.15, -0.1) is 23.5 Å². The summed E-state index contributed by atoms with van der Waals surface area (Å²) in [5, 5.41) is 3.92. The number of aromatic nitrogens is 1. The Morgan fingerprint density at radius 1 is 1.24 bits per heavy atom. The Morgan fingerprint density at radius 3 is 2.53 bits per heavy atom. The van der Waals surface area contributed by atoms with E-state index in [0.717, 1.165) is 15.7 Å². The second-order valence-corrected chi connectivity index (χ2v) is 5.83. The van der Waals surface area contributed by atoms with Crippen LogP contribution in [0.5, 0.6) is 0 Å². The minimum atomic E-state index is 0.329. The molecule has 1 aromatic heterocycles. The van der Waals surface area contributed by atoms with Crippen LogP contribution in [-0.2, 0) is 0 Å². The molecule has 6 heteroatoms. The number of rotatable bonds is 3. The summed E-state index contributed by atoms with van der Waals surface area (Å²) < 4.78 is 5.95. The van der Waals surface area contributed by atoms with Gasteiger partial charge in [-0.25, -0.2) is 0 Å². The van der Waals surface area contributed by atoms with E-state index in [4.69, 9.17) is 10.3 Å². The molecule has 0 saturated carbocycles. The highest BCUT2D eigenvalue weighted by Crippen LogP contribution is 2.38. The largest absolute Gasteiger partial charge is 0.368 e. The maximum absolute atomic E-state index is 5.53. The Balaban J connectivity index is 2.53. The molecule has 17 heavy (non-hydrogen) atoms. The molecule has 0 atom stereocenters. The van der Waals surface area contributed by atoms with Crippen LogP contribution in [0.3, 0.4) is 0 Å². The number of thioether (sulfide) groups is 2. The van der Waals surface area contributed by atoms with E-state index >= 15 is 0 Å². The highest BCUT2D eigenvalue weighted by molar-refractivity contribution is 9.10. The summed E-state index contributed by atoms with van der Waals surface area (Å²) in [5.41, 5.74) is 7.29. The number of nitrogen functional groups attached to an aromatic ring is 1. The molecule has 2 aromatic rings. The van der Waals surface area contributed by atoms with Crippen LogP contribution in [0.4, 0.5) is 5.88 Å². The van der Waals surface area contributed by atoms with Gasteiger partial charge in [-0.3, -0.25) is 0 Å². The minimum absolute atomic E-state index is 0.329. The van der Waals surface area contributed by atoms with Crippen molar-refractivity contribution in [1.82, 2.24) is 5.16 Å². The van der Waals surface area contributed by atoms with Gasteiger partial charge in [-0.05, 0) is 40.6 Å². The molecule has 0 saturated heterocycles. The van der Waals surface area contributed by atoms with Crippen LogP contribution < -0.4 is 5.73 Å². The molecule has 90 valence electrons. The summed E-state index contributed by atoms with van der Waals surface area (Å²) in [6, 6.07) is 5.85. The fourth-order valence-electron chi connectivity index (χ4n) is 1.49. The summed E-state index contributed by atoms with van der Waals surface area (Å²) in [5.74, 6) is 0.329. The molecule has 0 spiro atoms. The molecule has 0 radical (unpaired) electrons. The second kappa shape index (κ2) is 5.37. The standard InChI is InChI=1S/C11H11BrN2OS2/c1-16-9-4-6(3-7(12)11(9)17-2)8-5-10(13)15-14-8/h3-5H,13H2,1-2H3. The predicted molar refractivity (Wildman–Crippen MR) is 77.6 cm³/mol. The fraction of sp³-hybridized carbons (Fsp3) is 0.182. The van der Waals surface area contributed by atoms with Gasteiger partial charge in [0, 0.05) is 25.9 Å². The Labute approximate surface area is 117 Å². The zero-order valence-corrected chi connectivity index (χ0v) is 12.6. The van der Waals surface area contributed by atoms with Crippen molar-refractivity contribution in [3.8, 4) is 11.3 Å². The van der Waals surface area contributed by atoms with Crippen molar-refractivity contribution in [2.24, 2.45) is 0 Å². The smallest absolute Gasteiger partial charge is 0.222 e. The molecule has 1 aromatic carbocycles. The summed E-state index contributed by atoms with van der Waals surface area (Å²) in [6.07, 6.45) is 4.12. The molecular weight excluding hydrogens is 320 g/mol. The number of hydrogen-bond donors (Lipinski definition) is 1. The summed E-state index contributed by atoms with van der Waals surface area (Å²) >= 11 is 7.01. The number of nitrogens with two attached hydrogens (primary N) is 1. The third-order valence-corrected chi connectivity index (χ3v) is 4.88. The quantitative estimate of drug-likeness (QED) is 0.857. The Morgan fingerprint density at radius 2 is 2.00 bits per heavy atom. The van der Waals surface area contributed by atoms with E-state index in [2.05, 4.69) is 39.7 Å². The van der Waals surface area contributed by atoms with Gasteiger partial charge in [0.15, 0.2) is 0 Å². The van der Waals surface area contributed by atoms with E-state index in [1.54, 1.807) is 29.6 Å². The number of hydrogen-bond acceptors (Lipinski definition) is 5. The van der Waals surface area contributed by atoms with Crippen molar-refractivity contribution < 1.29 is 4.52 Å². The highest BCUT2D eigenvalue weighted by atomic mass is 79.9. The van der Waals surface area contributed by atoms with Gasteiger partial charge in [0.25, 0.3) is 0 Å². The second-order valence-electron chi connectivity index (χ2n) is 3.31. The van der Waals surface area contributed by atoms with Crippen LogP contribution in [0.1, 0.15) is 0 Å². The first-order valence-electron chi connectivity index (χ1n) is 4.79. The molecule has 2 rings (SSSR count). The molecule has 0 unspecified atom stereocenters. The molecular formula is C11H11BrN2OS2. The van der Waals surface area contributed by atoms with Crippen molar-refractivity contribution in [3.63, 3.8) is 0 Å². The summed E-state index contributed by atoms with van der Waals surface area (Å²) in [7, 11) is 0. The first kappa shape index (κ1) is 12.9. The topological polar surface area (TPSA) is 52.0 Å². The average molecular weight is 331 g/mol. The molecule has 0 bridgehead atoms. The van der Waals surface area contributed by atoms with E-state index in [1.807, 2.05) is 6.07 Å². The normalized spacial score (nSPS) is 10.8. The molecule has 3 nitrogen and oxygen atoms in total. The number of halogens is 1. The lowest BCUT2D eigenvalue weighted by Gasteiger charge is -2.09. The maximum Gasteiger partial charge on any atom is 0.222 e. The zero-order valence-electron chi connectivity index (χ0n) is 9.36. The lowest BCUT2D eigenvalue weighted by molar-refractivity contribution is 0.439. The molecule has 1 heterocycles. The van der Waals surface area contributed by atoms with E-state index < -0.39 is 0 Å². The van der Waals surface area contributed by atoms with Crippen molar-refractivity contribution in [2.45, 2.75) is 9.79 Å². The summed E-state index contributed by atoms with van der Waals surface area (Å²) in [6.45, 7) is 0. The van der Waals surface area contributed by atoms with E-state index in [-0.39, 0.29) is 0 Å². The van der Waals surface area contributed by atoms with Crippen molar-refractivity contribution in [3.05, 3.63) is 22.7 Å². The average Bonchev–Trinajstić information content (AvgIpc) is 2.74. The first-order valence-corrected chi connectivity index (χ1v) is 8.04. The van der Waals surface area contributed by atoms with E-state index in [1.165, 1.54) is 9.79 Å². The van der Waals surface area contributed by atoms with Crippen LogP contribution in [0.2, 0.25) is 0 Å². The van der Waals surface area contributed by atoms with Crippen LogP contribution in [0.15, 0.2) is 37.0 Å². The van der Waals surface area contributed by atoms with Crippen LogP contribution in [0.25, 0.3) is 11.3 Å². The number of benzene rings is 1. The number of anilines is 1. The van der Waals surface area contributed by atoms with Crippen LogP contribution >= 0.6 is 39.5 Å². The minimum Gasteiger partial charge on any atom is -0.368 e. The lowest BCUT2D eigenvalue weighted by Crippen LogP contribution is -1.84. The van der Waals surface area contributed by atoms with Gasteiger partial charge in [0.2, 0.25) is 5.88 Å². The van der Waals surface area contributed by atoms with Gasteiger partial charge in [-0.1, -0.05) is 5.16 Å². The third-order valence-electron chi connectivity index (χ3n) is 2.26. The lowest BCUT2D eigenvalue weighted by atomic mass is 10.1. The molecule has 0 aliphatic carbocycles. The predicted octanol–water partition coefficient (Wildman–Crippen LogP) is 4.13. The van der Waals surface area contributed by atoms with Gasteiger partial charge in [0.1, 0.15) is 5.69 Å². The molecule has 0 aliphatic rings. The van der Waals surface area contributed by atoms with Gasteiger partial charge < -0.3 is 10.3 Å². The fourth-order valence-corrected chi connectivity index (χ4v) is 4.12. The highest BCUT2D eigenvalue weighted by Gasteiger charge is 2.11. The van der Waals surface area contributed by atoms with E-state index in [9.17, 15) is 0 Å². The molecule has 0 aliphatic heterocycles. The molecule has 0 amide bonds. The van der Waals surface area contributed by atoms with Crippen molar-refractivity contribution in [2.75, 3.05) is 18.2 Å². The molecule has 2 N–H and O–H groups in total. The third kappa shape index (κ3) is 2.64. The van der Waals surface area contributed by atoms with E-state index in [0.29, 0.717) is 5.88 Å². The van der Waals surface area contributed by atoms with Gasteiger partial charge in [0.05, 0.1) is 0 Å². The molecule has 0 fully saturated rings. The zero-order chi connectivity index (χ0) is 12.4. The monoisotopic (exact) mass is 330 g/mol. The van der Waals surface area contributed by atoms with Crippen LogP contribution in [0, 0.1) is 0 Å². The van der Waals surface area contributed by atoms with Gasteiger partial charge in [-0.2, -0.15) is 0 Å². The van der Waals surface area contributed by atoms with Crippen molar-refractivity contribution in [1.29, 1.82) is 0 Å². The Kier molecular flexibility index (Phi) is 4.06. The maximum atomic E-state index is 5.53. The van der Waals surface area contributed by atoms with Gasteiger partial charge >= 0.3 is 0 Å². The Hall–Kier alpha value is -0.590. The number of nitrogens with zero attached hydrogens (tertiary/aromatic N) is 1.